The van der Waals surface area contributed by atoms with E-state index in [9.17, 15) is 0 Å². The average Bonchev–Trinajstić information content (AvgIpc) is 2.97. The molecule has 1 aliphatic heterocycles. The molecule has 0 saturated carbocycles. The van der Waals surface area contributed by atoms with Gasteiger partial charge in [-0.3, -0.25) is 4.68 Å². The first-order valence-corrected chi connectivity index (χ1v) is 6.52. The summed E-state index contributed by atoms with van der Waals surface area (Å²) in [5.41, 5.74) is 1.12. The summed E-state index contributed by atoms with van der Waals surface area (Å²) >= 11 is 0. The quantitative estimate of drug-likeness (QED) is 0.851. The predicted octanol–water partition coefficient (Wildman–Crippen LogP) is 1.98. The third-order valence-electron chi connectivity index (χ3n) is 3.47. The van der Waals surface area contributed by atoms with Crippen molar-refractivity contribution in [2.24, 2.45) is 5.92 Å². The molecule has 4 nitrogen and oxygen atoms in total. The largest absolute Gasteiger partial charge is 0.381 e. The number of hydrogen-bond acceptors (Lipinski definition) is 3. The number of nitrogens with zero attached hydrogens (tertiary/aromatic N) is 2. The molecule has 0 aromatic carbocycles. The van der Waals surface area contributed by atoms with Crippen molar-refractivity contribution in [3.63, 3.8) is 0 Å². The van der Waals surface area contributed by atoms with Gasteiger partial charge in [0.05, 0.1) is 12.3 Å². The van der Waals surface area contributed by atoms with Crippen LogP contribution in [0.2, 0.25) is 0 Å². The fraction of sp³-hybridized carbons (Fsp3) is 0.769. The van der Waals surface area contributed by atoms with E-state index in [2.05, 4.69) is 37.3 Å². The van der Waals surface area contributed by atoms with Gasteiger partial charge in [-0.05, 0) is 39.2 Å². The lowest BCUT2D eigenvalue weighted by Crippen LogP contribution is -2.33. The maximum Gasteiger partial charge on any atom is 0.0762 e. The second kappa shape index (κ2) is 5.65. The minimum atomic E-state index is 0.435. The van der Waals surface area contributed by atoms with Crippen LogP contribution < -0.4 is 5.32 Å². The van der Waals surface area contributed by atoms with Crippen molar-refractivity contribution in [1.29, 1.82) is 0 Å². The maximum atomic E-state index is 5.41. The second-order valence-electron chi connectivity index (χ2n) is 5.17. The molecule has 1 aromatic rings. The van der Waals surface area contributed by atoms with Gasteiger partial charge in [0.25, 0.3) is 0 Å². The standard InChI is InChI=1S/C13H23N3O/c1-10(2)16-6-4-13(15-16)8-14-11(3)12-5-7-17-9-12/h4,6,10-12,14H,5,7-9H2,1-3H3. The number of aromatic nitrogens is 2. The van der Waals surface area contributed by atoms with Crippen LogP contribution in [0.15, 0.2) is 12.3 Å². The van der Waals surface area contributed by atoms with Gasteiger partial charge in [0.1, 0.15) is 0 Å². The molecule has 1 aliphatic rings. The van der Waals surface area contributed by atoms with Crippen molar-refractivity contribution in [2.45, 2.75) is 45.8 Å². The molecule has 2 atom stereocenters. The van der Waals surface area contributed by atoms with Gasteiger partial charge >= 0.3 is 0 Å². The zero-order valence-corrected chi connectivity index (χ0v) is 11.0. The SMILES string of the molecule is CC(NCc1ccn(C(C)C)n1)C1CCOC1. The van der Waals surface area contributed by atoms with E-state index in [0.29, 0.717) is 18.0 Å². The first kappa shape index (κ1) is 12.6. The smallest absolute Gasteiger partial charge is 0.0762 e. The first-order valence-electron chi connectivity index (χ1n) is 6.52. The minimum absolute atomic E-state index is 0.435. The monoisotopic (exact) mass is 237 g/mol. The molecule has 4 heteroatoms. The van der Waals surface area contributed by atoms with Gasteiger partial charge in [0.2, 0.25) is 0 Å². The Labute approximate surface area is 103 Å². The number of nitrogens with one attached hydrogen (secondary N) is 1. The molecule has 2 unspecified atom stereocenters. The maximum absolute atomic E-state index is 5.41. The Morgan fingerprint density at radius 3 is 2.94 bits per heavy atom. The Kier molecular flexibility index (Phi) is 4.18. The van der Waals surface area contributed by atoms with Gasteiger partial charge in [-0.1, -0.05) is 0 Å². The van der Waals surface area contributed by atoms with Crippen LogP contribution in [-0.4, -0.2) is 29.0 Å². The van der Waals surface area contributed by atoms with Crippen LogP contribution in [0.1, 0.15) is 38.9 Å². The summed E-state index contributed by atoms with van der Waals surface area (Å²) in [7, 11) is 0. The average molecular weight is 237 g/mol. The molecule has 0 radical (unpaired) electrons. The van der Waals surface area contributed by atoms with E-state index in [0.717, 1.165) is 25.5 Å². The molecule has 0 spiro atoms. The molecule has 1 saturated heterocycles. The van der Waals surface area contributed by atoms with Gasteiger partial charge in [0, 0.05) is 31.4 Å². The summed E-state index contributed by atoms with van der Waals surface area (Å²) in [6.45, 7) is 9.18. The summed E-state index contributed by atoms with van der Waals surface area (Å²) < 4.78 is 7.41. The molecular formula is C13H23N3O. The van der Waals surface area contributed by atoms with E-state index in [-0.39, 0.29) is 0 Å². The Hall–Kier alpha value is -0.870. The third-order valence-corrected chi connectivity index (χ3v) is 3.47. The molecule has 0 aliphatic carbocycles. The van der Waals surface area contributed by atoms with Gasteiger partial charge in [0.15, 0.2) is 0 Å². The number of ether oxygens (including phenoxy) is 1. The third kappa shape index (κ3) is 3.30. The topological polar surface area (TPSA) is 39.1 Å². The Morgan fingerprint density at radius 1 is 1.53 bits per heavy atom. The lowest BCUT2D eigenvalue weighted by molar-refractivity contribution is 0.178. The van der Waals surface area contributed by atoms with Crippen LogP contribution in [-0.2, 0) is 11.3 Å². The predicted molar refractivity (Wildman–Crippen MR) is 67.8 cm³/mol. The Bertz CT molecular complexity index is 342. The van der Waals surface area contributed by atoms with Gasteiger partial charge in [-0.25, -0.2) is 0 Å². The molecule has 17 heavy (non-hydrogen) atoms. The number of rotatable bonds is 5. The molecule has 2 heterocycles. The van der Waals surface area contributed by atoms with E-state index in [1.807, 2.05) is 10.9 Å². The lowest BCUT2D eigenvalue weighted by Gasteiger charge is -2.18. The fourth-order valence-corrected chi connectivity index (χ4v) is 2.14. The van der Waals surface area contributed by atoms with Crippen LogP contribution in [0, 0.1) is 5.92 Å². The zero-order chi connectivity index (χ0) is 12.3. The lowest BCUT2D eigenvalue weighted by atomic mass is 10.0. The number of hydrogen-bond donors (Lipinski definition) is 1. The van der Waals surface area contributed by atoms with E-state index in [1.165, 1.54) is 6.42 Å². The summed E-state index contributed by atoms with van der Waals surface area (Å²) in [6.07, 6.45) is 3.22. The summed E-state index contributed by atoms with van der Waals surface area (Å²) in [4.78, 5) is 0. The normalized spacial score (nSPS) is 22.2. The molecule has 1 N–H and O–H groups in total. The van der Waals surface area contributed by atoms with E-state index in [1.54, 1.807) is 0 Å². The van der Waals surface area contributed by atoms with Gasteiger partial charge < -0.3 is 10.1 Å². The highest BCUT2D eigenvalue weighted by molar-refractivity contribution is 4.99. The molecule has 96 valence electrons. The fourth-order valence-electron chi connectivity index (χ4n) is 2.14. The van der Waals surface area contributed by atoms with E-state index in [4.69, 9.17) is 4.74 Å². The van der Waals surface area contributed by atoms with Crippen LogP contribution >= 0.6 is 0 Å². The summed E-state index contributed by atoms with van der Waals surface area (Å²) in [5, 5.41) is 8.07. The minimum Gasteiger partial charge on any atom is -0.381 e. The van der Waals surface area contributed by atoms with Crippen molar-refractivity contribution < 1.29 is 4.74 Å². The van der Waals surface area contributed by atoms with E-state index < -0.39 is 0 Å². The highest BCUT2D eigenvalue weighted by atomic mass is 16.5. The van der Waals surface area contributed by atoms with Crippen LogP contribution in [0.5, 0.6) is 0 Å². The highest BCUT2D eigenvalue weighted by Gasteiger charge is 2.21. The van der Waals surface area contributed by atoms with Gasteiger partial charge in [-0.15, -0.1) is 0 Å². The first-order chi connectivity index (χ1) is 8.16. The van der Waals surface area contributed by atoms with Crippen molar-refractivity contribution in [1.82, 2.24) is 15.1 Å². The Morgan fingerprint density at radius 2 is 2.35 bits per heavy atom. The van der Waals surface area contributed by atoms with Crippen molar-refractivity contribution in [3.8, 4) is 0 Å². The second-order valence-corrected chi connectivity index (χ2v) is 5.17. The van der Waals surface area contributed by atoms with Crippen molar-refractivity contribution in [3.05, 3.63) is 18.0 Å². The summed E-state index contributed by atoms with van der Waals surface area (Å²) in [5.74, 6) is 0.655. The molecular weight excluding hydrogens is 214 g/mol. The summed E-state index contributed by atoms with van der Waals surface area (Å²) in [6, 6.07) is 3.02. The molecule has 2 rings (SSSR count). The molecule has 0 bridgehead atoms. The van der Waals surface area contributed by atoms with Crippen molar-refractivity contribution >= 4 is 0 Å². The zero-order valence-electron chi connectivity index (χ0n) is 11.0. The highest BCUT2D eigenvalue weighted by Crippen LogP contribution is 2.16. The van der Waals surface area contributed by atoms with E-state index >= 15 is 0 Å². The Balaban J connectivity index is 1.80. The molecule has 0 amide bonds. The molecule has 1 aromatic heterocycles. The van der Waals surface area contributed by atoms with Gasteiger partial charge in [-0.2, -0.15) is 5.10 Å². The van der Waals surface area contributed by atoms with Crippen LogP contribution in [0.25, 0.3) is 0 Å². The van der Waals surface area contributed by atoms with Crippen LogP contribution in [0.3, 0.4) is 0 Å². The molecule has 1 fully saturated rings. The van der Waals surface area contributed by atoms with Crippen LogP contribution in [0.4, 0.5) is 0 Å². The van der Waals surface area contributed by atoms with Crippen molar-refractivity contribution in [2.75, 3.05) is 13.2 Å².